The maximum atomic E-state index is 11.3. The van der Waals surface area contributed by atoms with Crippen molar-refractivity contribution in [1.82, 2.24) is 19.8 Å². The van der Waals surface area contributed by atoms with E-state index >= 15 is 0 Å². The van der Waals surface area contributed by atoms with Gasteiger partial charge in [0, 0.05) is 46.0 Å². The molecule has 44 heavy (non-hydrogen) atoms. The van der Waals surface area contributed by atoms with E-state index in [4.69, 9.17) is 33.2 Å². The maximum absolute atomic E-state index is 11.3. The van der Waals surface area contributed by atoms with Gasteiger partial charge in [-0.2, -0.15) is 0 Å². The average Bonchev–Trinajstić information content (AvgIpc) is 3.74. The molecular weight excluding hydrogens is 589 g/mol. The van der Waals surface area contributed by atoms with Crippen LogP contribution in [0, 0.1) is 0 Å². The van der Waals surface area contributed by atoms with Crippen LogP contribution >= 0.6 is 23.2 Å². The average molecular weight is 627 g/mol. The summed E-state index contributed by atoms with van der Waals surface area (Å²) in [5.41, 5.74) is 5.60. The van der Waals surface area contributed by atoms with Gasteiger partial charge in [0.25, 0.3) is 0 Å². The molecule has 2 aliphatic heterocycles. The number of hydrogen-bond donors (Lipinski definition) is 2. The Kier molecular flexibility index (Phi) is 9.93. The van der Waals surface area contributed by atoms with E-state index < -0.39 is 0 Å². The number of phenolic OH excluding ortho intramolecular Hbond substituents is 1. The van der Waals surface area contributed by atoms with Crippen LogP contribution in [0.4, 0.5) is 11.5 Å². The summed E-state index contributed by atoms with van der Waals surface area (Å²) >= 11 is 12.2. The zero-order chi connectivity index (χ0) is 30.3. The highest BCUT2D eigenvalue weighted by atomic mass is 35.5. The Balaban J connectivity index is 1.32. The Morgan fingerprint density at radius 1 is 0.659 bits per heavy atom. The van der Waals surface area contributed by atoms with Gasteiger partial charge in [0.05, 0.1) is 5.69 Å². The van der Waals surface area contributed by atoms with E-state index in [1.807, 2.05) is 78.9 Å². The number of hydrogen-bond acceptors (Lipinski definition) is 6. The molecule has 226 valence electrons. The summed E-state index contributed by atoms with van der Waals surface area (Å²) in [7, 11) is 0. The fourth-order valence-corrected chi connectivity index (χ4v) is 6.05. The summed E-state index contributed by atoms with van der Waals surface area (Å²) in [4.78, 5) is 14.5. The third-order valence-corrected chi connectivity index (χ3v) is 8.60. The van der Waals surface area contributed by atoms with E-state index in [9.17, 15) is 5.11 Å². The monoisotopic (exact) mass is 625 g/mol. The van der Waals surface area contributed by atoms with Gasteiger partial charge in [-0.15, -0.1) is 0 Å². The summed E-state index contributed by atoms with van der Waals surface area (Å²) in [6.45, 7) is 5.74. The van der Waals surface area contributed by atoms with E-state index in [0.29, 0.717) is 27.4 Å². The van der Waals surface area contributed by atoms with Crippen molar-refractivity contribution in [3.8, 4) is 5.75 Å². The lowest BCUT2D eigenvalue weighted by atomic mass is 10.1. The van der Waals surface area contributed by atoms with Crippen LogP contribution in [0.1, 0.15) is 59.5 Å². The Hall–Kier alpha value is -3.68. The fraction of sp³-hybridized carbons (Fsp3) is 0.278. The number of halogens is 2. The number of nitrogens with one attached hydrogen (secondary N) is 1. The van der Waals surface area contributed by atoms with Gasteiger partial charge in [-0.1, -0.05) is 59.6 Å². The molecule has 2 aliphatic rings. The number of aromatic hydroxyl groups is 1. The first kappa shape index (κ1) is 30.4. The molecule has 0 amide bonds. The fourth-order valence-electron chi connectivity index (χ4n) is 5.79. The minimum Gasteiger partial charge on any atom is -0.507 e. The number of aromatic nitrogens is 2. The van der Waals surface area contributed by atoms with Gasteiger partial charge < -0.3 is 10.4 Å². The summed E-state index contributed by atoms with van der Waals surface area (Å²) < 4.78 is 0. The molecule has 6 rings (SSSR count). The van der Waals surface area contributed by atoms with E-state index in [1.54, 1.807) is 0 Å². The Morgan fingerprint density at radius 3 is 1.68 bits per heavy atom. The molecule has 1 aromatic heterocycles. The zero-order valence-electron chi connectivity index (χ0n) is 24.7. The zero-order valence-corrected chi connectivity index (χ0v) is 26.2. The van der Waals surface area contributed by atoms with E-state index in [0.717, 1.165) is 72.9 Å². The molecule has 8 heteroatoms. The molecule has 0 unspecified atom stereocenters. The smallest absolute Gasteiger partial charge is 0.154 e. The molecule has 3 aromatic carbocycles. The lowest BCUT2D eigenvalue weighted by Crippen LogP contribution is -2.20. The van der Waals surface area contributed by atoms with Gasteiger partial charge in [-0.05, 0) is 112 Å². The van der Waals surface area contributed by atoms with Gasteiger partial charge >= 0.3 is 0 Å². The molecule has 0 spiro atoms. The van der Waals surface area contributed by atoms with Gasteiger partial charge in [-0.3, -0.25) is 9.80 Å². The molecule has 0 aliphatic carbocycles. The minimum absolute atomic E-state index is 0.412. The first-order chi connectivity index (χ1) is 21.5. The quantitative estimate of drug-likeness (QED) is 0.172. The molecule has 4 aromatic rings. The molecular formula is C36H37Cl2N5O. The van der Waals surface area contributed by atoms with E-state index in [-0.39, 0.29) is 0 Å². The lowest BCUT2D eigenvalue weighted by Gasteiger charge is -2.21. The van der Waals surface area contributed by atoms with Crippen molar-refractivity contribution >= 4 is 59.0 Å². The van der Waals surface area contributed by atoms with Crippen molar-refractivity contribution in [1.29, 1.82) is 0 Å². The minimum atomic E-state index is 0.412. The second-order valence-corrected chi connectivity index (χ2v) is 12.4. The van der Waals surface area contributed by atoms with Gasteiger partial charge in [0.2, 0.25) is 0 Å². The van der Waals surface area contributed by atoms with Crippen molar-refractivity contribution in [2.45, 2.75) is 38.8 Å². The third-order valence-electron chi connectivity index (χ3n) is 8.10. The topological polar surface area (TPSA) is 64.5 Å². The van der Waals surface area contributed by atoms with Crippen LogP contribution in [0.3, 0.4) is 0 Å². The Morgan fingerprint density at radius 2 is 1.16 bits per heavy atom. The number of likely N-dealkylation sites (tertiary alicyclic amines) is 2. The lowest BCUT2D eigenvalue weighted by molar-refractivity contribution is 0.312. The summed E-state index contributed by atoms with van der Waals surface area (Å²) in [6, 6.07) is 21.4. The highest BCUT2D eigenvalue weighted by molar-refractivity contribution is 6.30. The van der Waals surface area contributed by atoms with Crippen molar-refractivity contribution in [2.24, 2.45) is 0 Å². The molecule has 0 saturated carbocycles. The first-order valence-electron chi connectivity index (χ1n) is 15.3. The first-order valence-corrected chi connectivity index (χ1v) is 16.1. The van der Waals surface area contributed by atoms with Gasteiger partial charge in [0.15, 0.2) is 5.82 Å². The highest BCUT2D eigenvalue weighted by Crippen LogP contribution is 2.32. The molecule has 0 atom stereocenters. The standard InChI is InChI=1S/C36H37Cl2N5O/c37-30-11-5-26(6-12-30)9-15-32-23-35(41-34(39-32)16-10-27-7-13-31(38)14-8-27)40-33-21-28(24-42-17-1-2-18-42)36(44)29(22-33)25-43-19-3-4-20-43/h5-16,21-23,44H,1-4,17-20,24-25H2,(H,39,40,41)/b15-9-,16-10-. The van der Waals surface area contributed by atoms with Crippen molar-refractivity contribution in [3.63, 3.8) is 0 Å². The second kappa shape index (κ2) is 14.4. The third kappa shape index (κ3) is 8.27. The molecule has 3 heterocycles. The maximum Gasteiger partial charge on any atom is 0.154 e. The predicted molar refractivity (Wildman–Crippen MR) is 183 cm³/mol. The van der Waals surface area contributed by atoms with Gasteiger partial charge in [0.1, 0.15) is 11.6 Å². The van der Waals surface area contributed by atoms with Crippen molar-refractivity contribution in [2.75, 3.05) is 31.5 Å². The number of nitrogens with zero attached hydrogens (tertiary/aromatic N) is 4. The summed E-state index contributed by atoms with van der Waals surface area (Å²) in [5, 5.41) is 16.3. The summed E-state index contributed by atoms with van der Waals surface area (Å²) in [5.74, 6) is 1.67. The normalized spacial score (nSPS) is 16.0. The van der Waals surface area contributed by atoms with Crippen molar-refractivity contribution < 1.29 is 5.11 Å². The van der Waals surface area contributed by atoms with Crippen LogP contribution in [0.15, 0.2) is 66.7 Å². The van der Waals surface area contributed by atoms with Crippen LogP contribution in [0.2, 0.25) is 10.0 Å². The Labute approximate surface area is 269 Å². The molecule has 0 radical (unpaired) electrons. The number of rotatable bonds is 10. The molecule has 2 fully saturated rings. The van der Waals surface area contributed by atoms with Crippen LogP contribution in [-0.4, -0.2) is 51.1 Å². The molecule has 6 nitrogen and oxygen atoms in total. The van der Waals surface area contributed by atoms with Crippen LogP contribution in [0.25, 0.3) is 24.3 Å². The number of benzene rings is 3. The second-order valence-electron chi connectivity index (χ2n) is 11.5. The number of anilines is 2. The van der Waals surface area contributed by atoms with E-state index in [2.05, 4.69) is 27.2 Å². The van der Waals surface area contributed by atoms with Crippen LogP contribution in [-0.2, 0) is 13.1 Å². The van der Waals surface area contributed by atoms with Gasteiger partial charge in [-0.25, -0.2) is 9.97 Å². The largest absolute Gasteiger partial charge is 0.507 e. The number of phenols is 1. The molecule has 0 bridgehead atoms. The van der Waals surface area contributed by atoms with Crippen molar-refractivity contribution in [3.05, 3.63) is 111 Å². The highest BCUT2D eigenvalue weighted by Gasteiger charge is 2.20. The summed E-state index contributed by atoms with van der Waals surface area (Å²) in [6.07, 6.45) is 12.7. The Bertz CT molecular complexity index is 1510. The molecule has 2 saturated heterocycles. The van der Waals surface area contributed by atoms with Crippen LogP contribution < -0.4 is 5.32 Å². The predicted octanol–water partition coefficient (Wildman–Crippen LogP) is 8.77. The van der Waals surface area contributed by atoms with Crippen LogP contribution in [0.5, 0.6) is 5.75 Å². The SMILES string of the molecule is Oc1c(CN2CCCC2)cc(Nc2cc(/C=C\c3ccc(Cl)cc3)nc(/C=C\c3ccc(Cl)cc3)n2)cc1CN1CCCC1. The van der Waals surface area contributed by atoms with E-state index in [1.165, 1.54) is 25.7 Å². The molecule has 2 N–H and O–H groups in total.